The van der Waals surface area contributed by atoms with Crippen LogP contribution >= 0.6 is 0 Å². The number of carbonyl (C=O) groups excluding carboxylic acids is 1. The number of primary amides is 1. The molecule has 0 fully saturated rings. The lowest BCUT2D eigenvalue weighted by Crippen LogP contribution is -3.00. The predicted molar refractivity (Wildman–Crippen MR) is 90.1 cm³/mol. The first-order chi connectivity index (χ1) is 12.1. The van der Waals surface area contributed by atoms with Gasteiger partial charge in [-0.3, -0.25) is 4.79 Å². The zero-order valence-corrected chi connectivity index (χ0v) is 14.8. The van der Waals surface area contributed by atoms with Crippen molar-refractivity contribution in [1.82, 2.24) is 19.5 Å². The molecule has 0 aromatic carbocycles. The Morgan fingerprint density at radius 3 is 2.88 bits per heavy atom. The van der Waals surface area contributed by atoms with Gasteiger partial charge in [0.2, 0.25) is 0 Å². The molecule has 1 amide bonds. The lowest BCUT2D eigenvalue weighted by Gasteiger charge is -2.12. The van der Waals surface area contributed by atoms with E-state index in [1.807, 2.05) is 15.3 Å². The van der Waals surface area contributed by atoms with E-state index in [-0.39, 0.29) is 24.9 Å². The van der Waals surface area contributed by atoms with Crippen LogP contribution in [0.25, 0.3) is 11.2 Å². The first-order valence-electron chi connectivity index (χ1n) is 7.89. The van der Waals surface area contributed by atoms with Gasteiger partial charge >= 0.3 is 0 Å². The van der Waals surface area contributed by atoms with Crippen molar-refractivity contribution in [3.63, 3.8) is 0 Å². The van der Waals surface area contributed by atoms with E-state index in [9.17, 15) is 9.90 Å². The summed E-state index contributed by atoms with van der Waals surface area (Å²) in [4.78, 5) is 23.6. The third kappa shape index (κ3) is 4.24. The van der Waals surface area contributed by atoms with Gasteiger partial charge in [0.05, 0.1) is 12.9 Å². The number of imidazole rings is 1. The van der Waals surface area contributed by atoms with Crippen LogP contribution in [0.5, 0.6) is 0 Å². The van der Waals surface area contributed by atoms with Crippen molar-refractivity contribution in [3.8, 4) is 0 Å². The Morgan fingerprint density at radius 1 is 1.35 bits per heavy atom. The van der Waals surface area contributed by atoms with Crippen molar-refractivity contribution < 1.29 is 26.9 Å². The normalized spacial score (nSPS) is 11.9. The fourth-order valence-electron chi connectivity index (χ4n) is 2.70. The molecule has 138 valence electrons. The molecule has 9 nitrogen and oxygen atoms in total. The third-order valence-electron chi connectivity index (χ3n) is 4.08. The molecule has 1 atom stereocenters. The molecule has 5 N–H and O–H groups in total. The van der Waals surface area contributed by atoms with Gasteiger partial charge in [0.15, 0.2) is 30.4 Å². The van der Waals surface area contributed by atoms with Crippen LogP contribution < -0.4 is 28.4 Å². The molecule has 0 aliphatic rings. The Hall–Kier alpha value is -2.78. The van der Waals surface area contributed by atoms with Gasteiger partial charge in [-0.1, -0.05) is 0 Å². The van der Waals surface area contributed by atoms with Crippen LogP contribution in [0.2, 0.25) is 0 Å². The molecule has 3 heterocycles. The van der Waals surface area contributed by atoms with Crippen molar-refractivity contribution in [2.24, 2.45) is 11.7 Å². The average Bonchev–Trinajstić information content (AvgIpc) is 3.03. The number of nitrogen functional groups attached to an aromatic ring is 1. The number of hydrogen-bond donors (Lipinski definition) is 3. The summed E-state index contributed by atoms with van der Waals surface area (Å²) in [5.74, 6) is -0.122. The molecule has 3 rings (SSSR count). The Kier molecular flexibility index (Phi) is 6.42. The van der Waals surface area contributed by atoms with Crippen LogP contribution in [-0.2, 0) is 13.1 Å². The number of aromatic nitrogens is 5. The highest BCUT2D eigenvalue weighted by Gasteiger charge is 2.16. The summed E-state index contributed by atoms with van der Waals surface area (Å²) in [6.45, 7) is 1.23. The molecule has 0 saturated heterocycles. The number of aliphatic hydroxyl groups excluding tert-OH is 1. The van der Waals surface area contributed by atoms with Gasteiger partial charge in [0.25, 0.3) is 5.91 Å². The Labute approximate surface area is 156 Å². The zero-order chi connectivity index (χ0) is 17.8. The SMILES string of the molecule is NC(=O)c1ccc[n+](CC(CO)CCn2cnc3c(N)ncnc32)c1.[Cl-]. The Balaban J connectivity index is 0.00000243. The first kappa shape index (κ1) is 19.5. The number of hydrogen-bond acceptors (Lipinski definition) is 6. The van der Waals surface area contributed by atoms with Crippen LogP contribution in [0.15, 0.2) is 37.2 Å². The van der Waals surface area contributed by atoms with Gasteiger partial charge in [-0.2, -0.15) is 0 Å². The van der Waals surface area contributed by atoms with Gasteiger partial charge in [0.1, 0.15) is 17.4 Å². The molecule has 0 bridgehead atoms. The maximum absolute atomic E-state index is 11.3. The highest BCUT2D eigenvalue weighted by Crippen LogP contribution is 2.15. The summed E-state index contributed by atoms with van der Waals surface area (Å²) in [7, 11) is 0. The number of nitrogens with two attached hydrogens (primary N) is 2. The number of rotatable bonds is 7. The second kappa shape index (κ2) is 8.54. The molecular formula is C16H20ClN7O2. The van der Waals surface area contributed by atoms with Crippen molar-refractivity contribution in [3.05, 3.63) is 42.7 Å². The van der Waals surface area contributed by atoms with E-state index in [0.29, 0.717) is 42.1 Å². The topological polar surface area (TPSA) is 137 Å². The Bertz CT molecular complexity index is 899. The molecule has 10 heteroatoms. The standard InChI is InChI=1S/C16H19N7O2.ClH/c17-14-13-16(20-9-19-14)23(10-21-13)5-3-11(8-24)6-22-4-1-2-12(7-22)15(18)25;/h1-2,4,7,9-11,24H,3,5-6,8H2,(H3-,17,18,19,20,25);1H. The maximum Gasteiger partial charge on any atom is 0.254 e. The molecule has 0 aliphatic heterocycles. The Morgan fingerprint density at radius 2 is 2.15 bits per heavy atom. The number of anilines is 1. The second-order valence-corrected chi connectivity index (χ2v) is 5.86. The summed E-state index contributed by atoms with van der Waals surface area (Å²) in [6.07, 6.45) is 7.32. The van der Waals surface area contributed by atoms with Crippen LogP contribution in [0.1, 0.15) is 16.8 Å². The number of aryl methyl sites for hydroxylation is 1. The zero-order valence-electron chi connectivity index (χ0n) is 14.0. The lowest BCUT2D eigenvalue weighted by molar-refractivity contribution is -0.703. The molecule has 0 radical (unpaired) electrons. The average molecular weight is 378 g/mol. The monoisotopic (exact) mass is 377 g/mol. The van der Waals surface area contributed by atoms with E-state index in [2.05, 4.69) is 15.0 Å². The van der Waals surface area contributed by atoms with E-state index in [4.69, 9.17) is 11.5 Å². The summed E-state index contributed by atoms with van der Waals surface area (Å²) in [6, 6.07) is 3.42. The molecule has 0 saturated carbocycles. The van der Waals surface area contributed by atoms with E-state index in [1.54, 1.807) is 24.7 Å². The lowest BCUT2D eigenvalue weighted by atomic mass is 10.1. The van der Waals surface area contributed by atoms with Gasteiger partial charge in [0, 0.05) is 18.5 Å². The number of nitrogens with zero attached hydrogens (tertiary/aromatic N) is 5. The number of halogens is 1. The highest BCUT2D eigenvalue weighted by atomic mass is 35.5. The first-order valence-corrected chi connectivity index (χ1v) is 7.89. The molecule has 1 unspecified atom stereocenters. The van der Waals surface area contributed by atoms with E-state index in [0.717, 1.165) is 0 Å². The summed E-state index contributed by atoms with van der Waals surface area (Å²) in [5.41, 5.74) is 12.8. The number of pyridine rings is 1. The molecular weight excluding hydrogens is 358 g/mol. The van der Waals surface area contributed by atoms with Gasteiger partial charge in [-0.25, -0.2) is 19.5 Å². The maximum atomic E-state index is 11.3. The van der Waals surface area contributed by atoms with E-state index < -0.39 is 5.91 Å². The summed E-state index contributed by atoms with van der Waals surface area (Å²) >= 11 is 0. The van der Waals surface area contributed by atoms with Gasteiger partial charge in [-0.05, 0) is 12.5 Å². The smallest absolute Gasteiger partial charge is 0.254 e. The summed E-state index contributed by atoms with van der Waals surface area (Å²) < 4.78 is 3.74. The van der Waals surface area contributed by atoms with Crippen LogP contribution in [-0.4, -0.2) is 37.1 Å². The third-order valence-corrected chi connectivity index (χ3v) is 4.08. The highest BCUT2D eigenvalue weighted by molar-refractivity contribution is 5.92. The minimum absolute atomic E-state index is 0. The quantitative estimate of drug-likeness (QED) is 0.365. The molecule has 3 aromatic rings. The van der Waals surface area contributed by atoms with Crippen LogP contribution in [0.4, 0.5) is 5.82 Å². The molecule has 3 aromatic heterocycles. The number of amides is 1. The minimum atomic E-state index is -0.475. The van der Waals surface area contributed by atoms with Gasteiger partial charge in [-0.15, -0.1) is 0 Å². The minimum Gasteiger partial charge on any atom is -1.00 e. The second-order valence-electron chi connectivity index (χ2n) is 5.86. The number of aliphatic hydroxyl groups is 1. The van der Waals surface area contributed by atoms with Crippen molar-refractivity contribution in [2.75, 3.05) is 12.3 Å². The van der Waals surface area contributed by atoms with Crippen LogP contribution in [0.3, 0.4) is 0 Å². The fourth-order valence-corrected chi connectivity index (χ4v) is 2.70. The molecule has 0 spiro atoms. The van der Waals surface area contributed by atoms with Crippen molar-refractivity contribution in [2.45, 2.75) is 19.5 Å². The largest absolute Gasteiger partial charge is 1.00 e. The van der Waals surface area contributed by atoms with Gasteiger partial charge < -0.3 is 33.5 Å². The van der Waals surface area contributed by atoms with E-state index >= 15 is 0 Å². The van der Waals surface area contributed by atoms with Crippen LogP contribution in [0, 0.1) is 5.92 Å². The van der Waals surface area contributed by atoms with Crippen molar-refractivity contribution >= 4 is 22.9 Å². The molecule has 26 heavy (non-hydrogen) atoms. The molecule has 0 aliphatic carbocycles. The van der Waals surface area contributed by atoms with E-state index in [1.165, 1.54) is 6.33 Å². The number of carbonyl (C=O) groups is 1. The summed E-state index contributed by atoms with van der Waals surface area (Å²) in [5, 5.41) is 9.68. The predicted octanol–water partition coefficient (Wildman–Crippen LogP) is -3.50. The van der Waals surface area contributed by atoms with Crippen molar-refractivity contribution in [1.29, 1.82) is 0 Å². The fraction of sp³-hybridized carbons (Fsp3) is 0.312. The number of fused-ring (bicyclic) bond motifs is 1.